The number of rotatable bonds is 4. The van der Waals surface area contributed by atoms with E-state index in [4.69, 9.17) is 4.74 Å². The number of aliphatic hydroxyl groups excluding tert-OH is 1. The lowest BCUT2D eigenvalue weighted by Gasteiger charge is -2.37. The van der Waals surface area contributed by atoms with Gasteiger partial charge in [0.2, 0.25) is 10.0 Å². The molecule has 2 rings (SSSR count). The van der Waals surface area contributed by atoms with Crippen LogP contribution in [0.3, 0.4) is 0 Å². The largest absolute Gasteiger partial charge is 0.394 e. The quantitative estimate of drug-likeness (QED) is 0.856. The summed E-state index contributed by atoms with van der Waals surface area (Å²) in [7, 11) is -0.502. The summed E-state index contributed by atoms with van der Waals surface area (Å²) in [5.74, 6) is 0. The molecule has 0 amide bonds. The van der Waals surface area contributed by atoms with Gasteiger partial charge in [-0.25, -0.2) is 12.7 Å². The number of aliphatic hydroxyl groups is 1. The predicted octanol–water partition coefficient (Wildman–Crippen LogP) is 0.134. The number of hydrogen-bond donors (Lipinski definition) is 1. The Bertz CT molecular complexity index is 559. The van der Waals surface area contributed by atoms with Gasteiger partial charge in [0.1, 0.15) is 4.90 Å². The summed E-state index contributed by atoms with van der Waals surface area (Å²) in [4.78, 5) is 2.16. The summed E-state index contributed by atoms with van der Waals surface area (Å²) in [5.41, 5.74) is 0.614. The van der Waals surface area contributed by atoms with Crippen LogP contribution in [0.25, 0.3) is 0 Å². The van der Waals surface area contributed by atoms with Crippen molar-refractivity contribution in [3.63, 3.8) is 0 Å². The Balaban J connectivity index is 2.47. The Morgan fingerprint density at radius 3 is 2.75 bits per heavy atom. The van der Waals surface area contributed by atoms with Crippen molar-refractivity contribution in [3.8, 4) is 0 Å². The van der Waals surface area contributed by atoms with Gasteiger partial charge in [0, 0.05) is 20.6 Å². The second-order valence-corrected chi connectivity index (χ2v) is 6.98. The number of ether oxygens (including phenoxy) is 1. The summed E-state index contributed by atoms with van der Waals surface area (Å²) >= 11 is 0. The van der Waals surface area contributed by atoms with E-state index in [2.05, 4.69) is 0 Å². The zero-order valence-electron chi connectivity index (χ0n) is 11.7. The predicted molar refractivity (Wildman–Crippen MR) is 76.4 cm³/mol. The fourth-order valence-electron chi connectivity index (χ4n) is 2.23. The molecule has 1 N–H and O–H groups in total. The van der Waals surface area contributed by atoms with Gasteiger partial charge in [0.05, 0.1) is 31.5 Å². The lowest BCUT2D eigenvalue weighted by Crippen LogP contribution is -2.48. The topological polar surface area (TPSA) is 70.1 Å². The molecule has 0 aliphatic carbocycles. The van der Waals surface area contributed by atoms with Crippen molar-refractivity contribution < 1.29 is 18.3 Å². The zero-order chi connectivity index (χ0) is 14.8. The number of benzene rings is 1. The van der Waals surface area contributed by atoms with Crippen LogP contribution >= 0.6 is 0 Å². The second-order valence-electron chi connectivity index (χ2n) is 4.86. The Morgan fingerprint density at radius 2 is 2.10 bits per heavy atom. The molecule has 0 bridgehead atoms. The van der Waals surface area contributed by atoms with Crippen molar-refractivity contribution in [2.45, 2.75) is 10.9 Å². The molecule has 0 aromatic heterocycles. The normalized spacial score (nSPS) is 20.4. The summed E-state index contributed by atoms with van der Waals surface area (Å²) in [6.45, 7) is 1.40. The molecule has 1 saturated heterocycles. The SMILES string of the molecule is CN(C)S(=O)(=O)c1ccccc1N1CCOCC1CO. The minimum Gasteiger partial charge on any atom is -0.394 e. The Labute approximate surface area is 119 Å². The summed E-state index contributed by atoms with van der Waals surface area (Å²) in [6, 6.07) is 6.64. The number of para-hydroxylation sites is 1. The molecule has 0 spiro atoms. The van der Waals surface area contributed by atoms with Gasteiger partial charge >= 0.3 is 0 Å². The van der Waals surface area contributed by atoms with Gasteiger partial charge in [-0.2, -0.15) is 0 Å². The van der Waals surface area contributed by atoms with E-state index in [-0.39, 0.29) is 17.5 Å². The molecule has 6 nitrogen and oxygen atoms in total. The first kappa shape index (κ1) is 15.2. The third-order valence-electron chi connectivity index (χ3n) is 3.37. The maximum Gasteiger partial charge on any atom is 0.244 e. The maximum atomic E-state index is 12.4. The second kappa shape index (κ2) is 6.09. The first-order chi connectivity index (χ1) is 9.48. The fraction of sp³-hybridized carbons (Fsp3) is 0.538. The lowest BCUT2D eigenvalue weighted by atomic mass is 10.2. The third-order valence-corrected chi connectivity index (χ3v) is 5.23. The first-order valence-electron chi connectivity index (χ1n) is 6.45. The standard InChI is InChI=1S/C13H20N2O4S/c1-14(2)20(17,18)13-6-4-3-5-12(13)15-7-8-19-10-11(15)9-16/h3-6,11,16H,7-10H2,1-2H3. The average molecular weight is 300 g/mol. The zero-order valence-corrected chi connectivity index (χ0v) is 12.5. The van der Waals surface area contributed by atoms with E-state index in [1.807, 2.05) is 4.90 Å². The minimum atomic E-state index is -3.52. The van der Waals surface area contributed by atoms with Crippen LogP contribution in [-0.2, 0) is 14.8 Å². The fourth-order valence-corrected chi connectivity index (χ4v) is 3.33. The van der Waals surface area contributed by atoms with Crippen LogP contribution < -0.4 is 4.90 Å². The minimum absolute atomic E-state index is 0.0731. The molecule has 0 saturated carbocycles. The maximum absolute atomic E-state index is 12.4. The van der Waals surface area contributed by atoms with Gasteiger partial charge < -0.3 is 14.7 Å². The molecule has 112 valence electrons. The van der Waals surface area contributed by atoms with Gasteiger partial charge in [-0.15, -0.1) is 0 Å². The molecular formula is C13H20N2O4S. The molecule has 7 heteroatoms. The number of sulfonamides is 1. The van der Waals surface area contributed by atoms with Crippen molar-refractivity contribution in [1.29, 1.82) is 0 Å². The number of morpholine rings is 1. The lowest BCUT2D eigenvalue weighted by molar-refractivity contribution is 0.0724. The molecule has 1 atom stereocenters. The third kappa shape index (κ3) is 2.80. The van der Waals surface area contributed by atoms with Crippen LogP contribution in [0, 0.1) is 0 Å². The van der Waals surface area contributed by atoms with E-state index in [9.17, 15) is 13.5 Å². The highest BCUT2D eigenvalue weighted by Gasteiger charge is 2.29. The van der Waals surface area contributed by atoms with E-state index >= 15 is 0 Å². The molecule has 0 radical (unpaired) electrons. The monoisotopic (exact) mass is 300 g/mol. The molecule has 1 aliphatic rings. The molecule has 1 aromatic rings. The van der Waals surface area contributed by atoms with Crippen LogP contribution in [0.2, 0.25) is 0 Å². The van der Waals surface area contributed by atoms with Crippen molar-refractivity contribution in [1.82, 2.24) is 4.31 Å². The van der Waals surface area contributed by atoms with Gasteiger partial charge in [-0.05, 0) is 12.1 Å². The molecule has 1 fully saturated rings. The average Bonchev–Trinajstić information content (AvgIpc) is 2.47. The molecular weight excluding hydrogens is 280 g/mol. The van der Waals surface area contributed by atoms with Crippen molar-refractivity contribution >= 4 is 15.7 Å². The van der Waals surface area contributed by atoms with Crippen LogP contribution in [0.5, 0.6) is 0 Å². The molecule has 1 unspecified atom stereocenters. The van der Waals surface area contributed by atoms with Crippen molar-refractivity contribution in [2.75, 3.05) is 45.4 Å². The van der Waals surface area contributed by atoms with E-state index in [1.165, 1.54) is 18.4 Å². The summed E-state index contributed by atoms with van der Waals surface area (Å²) in [5, 5.41) is 9.44. The van der Waals surface area contributed by atoms with Gasteiger partial charge in [0.15, 0.2) is 0 Å². The van der Waals surface area contributed by atoms with E-state index < -0.39 is 10.0 Å². The number of hydrogen-bond acceptors (Lipinski definition) is 5. The van der Waals surface area contributed by atoms with E-state index in [0.717, 1.165) is 0 Å². The van der Waals surface area contributed by atoms with E-state index in [0.29, 0.717) is 25.4 Å². The molecule has 1 aliphatic heterocycles. The summed E-state index contributed by atoms with van der Waals surface area (Å²) < 4.78 is 31.3. The smallest absolute Gasteiger partial charge is 0.244 e. The van der Waals surface area contributed by atoms with Gasteiger partial charge in [0.25, 0.3) is 0 Å². The molecule has 1 heterocycles. The first-order valence-corrected chi connectivity index (χ1v) is 7.89. The highest BCUT2D eigenvalue weighted by Crippen LogP contribution is 2.29. The van der Waals surface area contributed by atoms with Crippen LogP contribution in [-0.4, -0.2) is 64.3 Å². The van der Waals surface area contributed by atoms with Crippen molar-refractivity contribution in [2.24, 2.45) is 0 Å². The van der Waals surface area contributed by atoms with Crippen LogP contribution in [0.4, 0.5) is 5.69 Å². The molecule has 20 heavy (non-hydrogen) atoms. The highest BCUT2D eigenvalue weighted by molar-refractivity contribution is 7.89. The number of anilines is 1. The summed E-state index contributed by atoms with van der Waals surface area (Å²) in [6.07, 6.45) is 0. The van der Waals surface area contributed by atoms with Crippen LogP contribution in [0.1, 0.15) is 0 Å². The van der Waals surface area contributed by atoms with Crippen LogP contribution in [0.15, 0.2) is 29.2 Å². The highest BCUT2D eigenvalue weighted by atomic mass is 32.2. The van der Waals surface area contributed by atoms with Gasteiger partial charge in [-0.3, -0.25) is 0 Å². The Kier molecular flexibility index (Phi) is 4.64. The Hall–Kier alpha value is -1.15. The number of nitrogens with zero attached hydrogens (tertiary/aromatic N) is 2. The van der Waals surface area contributed by atoms with E-state index in [1.54, 1.807) is 24.3 Å². The van der Waals surface area contributed by atoms with Gasteiger partial charge in [-0.1, -0.05) is 12.1 Å². The molecule has 1 aromatic carbocycles. The van der Waals surface area contributed by atoms with Crippen molar-refractivity contribution in [3.05, 3.63) is 24.3 Å². The Morgan fingerprint density at radius 1 is 1.40 bits per heavy atom.